The maximum atomic E-state index is 12.7. The number of amides is 1. The Hall–Kier alpha value is -2.58. The fraction of sp³-hybridized carbons (Fsp3) is 0.333. The van der Waals surface area contributed by atoms with Crippen LogP contribution >= 0.6 is 15.9 Å². The zero-order valence-corrected chi connectivity index (χ0v) is 17.5. The van der Waals surface area contributed by atoms with Gasteiger partial charge in [0.2, 0.25) is 17.6 Å². The van der Waals surface area contributed by atoms with Gasteiger partial charge in [0, 0.05) is 41.4 Å². The van der Waals surface area contributed by atoms with Gasteiger partial charge in [0.05, 0.1) is 6.04 Å². The van der Waals surface area contributed by atoms with Crippen LogP contribution in [0, 0.1) is 0 Å². The molecule has 7 nitrogen and oxygen atoms in total. The number of carbonyl (C=O) groups is 1. The first-order valence-corrected chi connectivity index (χ1v) is 10.4. The number of rotatable bonds is 5. The monoisotopic (exact) mass is 455 g/mol. The van der Waals surface area contributed by atoms with Crippen LogP contribution in [0.25, 0.3) is 11.4 Å². The van der Waals surface area contributed by atoms with Crippen molar-refractivity contribution in [3.8, 4) is 11.4 Å². The van der Waals surface area contributed by atoms with Crippen molar-refractivity contribution in [1.82, 2.24) is 20.0 Å². The molecule has 1 aliphatic rings. The van der Waals surface area contributed by atoms with E-state index in [4.69, 9.17) is 10.3 Å². The van der Waals surface area contributed by atoms with Crippen molar-refractivity contribution in [3.05, 3.63) is 64.7 Å². The largest absolute Gasteiger partial charge is 0.341 e. The second kappa shape index (κ2) is 8.84. The normalized spacial score (nSPS) is 16.0. The van der Waals surface area contributed by atoms with E-state index in [-0.39, 0.29) is 11.8 Å². The van der Waals surface area contributed by atoms with Crippen LogP contribution in [-0.2, 0) is 11.2 Å². The SMILES string of the molecule is N[C@@H](Cc1ccc(Br)cc1)C(=O)N1CCC(c2nc(-c3ccncc3)no2)CC1. The molecule has 1 saturated heterocycles. The molecule has 29 heavy (non-hydrogen) atoms. The third kappa shape index (κ3) is 4.71. The number of hydrogen-bond acceptors (Lipinski definition) is 6. The molecule has 3 heterocycles. The molecule has 1 fully saturated rings. The highest BCUT2D eigenvalue weighted by molar-refractivity contribution is 9.10. The minimum Gasteiger partial charge on any atom is -0.341 e. The lowest BCUT2D eigenvalue weighted by Gasteiger charge is -2.32. The van der Waals surface area contributed by atoms with Gasteiger partial charge in [-0.05, 0) is 49.1 Å². The zero-order valence-electron chi connectivity index (χ0n) is 15.9. The van der Waals surface area contributed by atoms with Crippen molar-refractivity contribution in [1.29, 1.82) is 0 Å². The third-order valence-corrected chi connectivity index (χ3v) is 5.75. The van der Waals surface area contributed by atoms with Gasteiger partial charge >= 0.3 is 0 Å². The number of aromatic nitrogens is 3. The van der Waals surface area contributed by atoms with Gasteiger partial charge in [0.25, 0.3) is 0 Å². The molecule has 2 aromatic heterocycles. The molecular weight excluding hydrogens is 434 g/mol. The summed E-state index contributed by atoms with van der Waals surface area (Å²) in [6.45, 7) is 1.29. The van der Waals surface area contributed by atoms with E-state index < -0.39 is 6.04 Å². The molecule has 1 amide bonds. The summed E-state index contributed by atoms with van der Waals surface area (Å²) in [6, 6.07) is 11.1. The Kier molecular flexibility index (Phi) is 6.01. The predicted molar refractivity (Wildman–Crippen MR) is 112 cm³/mol. The van der Waals surface area contributed by atoms with Crippen LogP contribution in [0.3, 0.4) is 0 Å². The molecule has 0 radical (unpaired) electrons. The van der Waals surface area contributed by atoms with Crippen molar-refractivity contribution >= 4 is 21.8 Å². The first-order chi connectivity index (χ1) is 14.1. The molecule has 0 aliphatic carbocycles. The second-order valence-corrected chi connectivity index (χ2v) is 8.14. The number of benzene rings is 1. The summed E-state index contributed by atoms with van der Waals surface area (Å²) in [7, 11) is 0. The first kappa shape index (κ1) is 19.7. The summed E-state index contributed by atoms with van der Waals surface area (Å²) in [5, 5.41) is 4.08. The number of hydrogen-bond donors (Lipinski definition) is 1. The Bertz CT molecular complexity index is 953. The second-order valence-electron chi connectivity index (χ2n) is 7.23. The quantitative estimate of drug-likeness (QED) is 0.634. The predicted octanol–water partition coefficient (Wildman–Crippen LogP) is 3.17. The average Bonchev–Trinajstić information content (AvgIpc) is 3.26. The van der Waals surface area contributed by atoms with E-state index in [1.54, 1.807) is 12.4 Å². The number of likely N-dealkylation sites (tertiary alicyclic amines) is 1. The van der Waals surface area contributed by atoms with Crippen LogP contribution in [0.15, 0.2) is 57.8 Å². The molecule has 4 rings (SSSR count). The van der Waals surface area contributed by atoms with Crippen LogP contribution in [-0.4, -0.2) is 45.1 Å². The highest BCUT2D eigenvalue weighted by atomic mass is 79.9. The summed E-state index contributed by atoms with van der Waals surface area (Å²) < 4.78 is 6.49. The van der Waals surface area contributed by atoms with Gasteiger partial charge in [-0.15, -0.1) is 0 Å². The molecule has 150 valence electrons. The summed E-state index contributed by atoms with van der Waals surface area (Å²) in [6.07, 6.45) is 5.51. The van der Waals surface area contributed by atoms with Crippen molar-refractivity contribution in [2.75, 3.05) is 13.1 Å². The molecule has 3 aromatic rings. The lowest BCUT2D eigenvalue weighted by atomic mass is 9.95. The summed E-state index contributed by atoms with van der Waals surface area (Å²) in [5.74, 6) is 1.35. The maximum Gasteiger partial charge on any atom is 0.239 e. The van der Waals surface area contributed by atoms with Crippen molar-refractivity contribution in [2.45, 2.75) is 31.2 Å². The molecular formula is C21H22BrN5O2. The highest BCUT2D eigenvalue weighted by Gasteiger charge is 2.29. The third-order valence-electron chi connectivity index (χ3n) is 5.22. The van der Waals surface area contributed by atoms with Gasteiger partial charge in [-0.3, -0.25) is 9.78 Å². The standard InChI is InChI=1S/C21H22BrN5O2/c22-17-3-1-14(2-4-17)13-18(23)21(28)27-11-7-16(8-12-27)20-25-19(26-29-20)15-5-9-24-10-6-15/h1-6,9-10,16,18H,7-8,11-13,23H2/t18-/m0/s1. The Labute approximate surface area is 177 Å². The number of carbonyl (C=O) groups excluding carboxylic acids is 1. The first-order valence-electron chi connectivity index (χ1n) is 9.63. The highest BCUT2D eigenvalue weighted by Crippen LogP contribution is 2.28. The minimum absolute atomic E-state index is 0.00521. The minimum atomic E-state index is -0.533. The van der Waals surface area contributed by atoms with E-state index in [1.807, 2.05) is 41.3 Å². The lowest BCUT2D eigenvalue weighted by Crippen LogP contribution is -2.47. The number of nitrogens with zero attached hydrogens (tertiary/aromatic N) is 4. The molecule has 2 N–H and O–H groups in total. The van der Waals surface area contributed by atoms with Gasteiger partial charge in [0.1, 0.15) is 0 Å². The molecule has 8 heteroatoms. The smallest absolute Gasteiger partial charge is 0.239 e. The van der Waals surface area contributed by atoms with Crippen molar-refractivity contribution < 1.29 is 9.32 Å². The van der Waals surface area contributed by atoms with E-state index >= 15 is 0 Å². The van der Waals surface area contributed by atoms with Gasteiger partial charge in [0.15, 0.2) is 0 Å². The van der Waals surface area contributed by atoms with E-state index in [2.05, 4.69) is 31.1 Å². The Morgan fingerprint density at radius 1 is 1.17 bits per heavy atom. The molecule has 0 spiro atoms. The Balaban J connectivity index is 1.32. The average molecular weight is 456 g/mol. The fourth-order valence-corrected chi connectivity index (χ4v) is 3.83. The molecule has 1 aliphatic heterocycles. The van der Waals surface area contributed by atoms with E-state index in [9.17, 15) is 4.79 Å². The van der Waals surface area contributed by atoms with E-state index in [1.165, 1.54) is 0 Å². The van der Waals surface area contributed by atoms with Gasteiger partial charge in [-0.25, -0.2) is 0 Å². The van der Waals surface area contributed by atoms with Crippen LogP contribution < -0.4 is 5.73 Å². The van der Waals surface area contributed by atoms with Gasteiger partial charge < -0.3 is 15.2 Å². The lowest BCUT2D eigenvalue weighted by molar-refractivity contribution is -0.133. The van der Waals surface area contributed by atoms with Gasteiger partial charge in [-0.1, -0.05) is 33.2 Å². The van der Waals surface area contributed by atoms with Crippen LogP contribution in [0.2, 0.25) is 0 Å². The molecule has 0 unspecified atom stereocenters. The van der Waals surface area contributed by atoms with Crippen LogP contribution in [0.4, 0.5) is 0 Å². The van der Waals surface area contributed by atoms with Crippen LogP contribution in [0.5, 0.6) is 0 Å². The maximum absolute atomic E-state index is 12.7. The van der Waals surface area contributed by atoms with E-state index in [0.717, 1.165) is 28.4 Å². The van der Waals surface area contributed by atoms with Gasteiger partial charge in [-0.2, -0.15) is 4.98 Å². The molecule has 0 saturated carbocycles. The molecule has 1 aromatic carbocycles. The zero-order chi connectivity index (χ0) is 20.2. The Morgan fingerprint density at radius 3 is 2.55 bits per heavy atom. The summed E-state index contributed by atoms with van der Waals surface area (Å²) in [4.78, 5) is 23.1. The van der Waals surface area contributed by atoms with Crippen molar-refractivity contribution in [3.63, 3.8) is 0 Å². The summed E-state index contributed by atoms with van der Waals surface area (Å²) in [5.41, 5.74) is 8.11. The topological polar surface area (TPSA) is 98.1 Å². The Morgan fingerprint density at radius 2 is 1.86 bits per heavy atom. The fourth-order valence-electron chi connectivity index (χ4n) is 3.56. The number of piperidine rings is 1. The van der Waals surface area contributed by atoms with E-state index in [0.29, 0.717) is 31.2 Å². The van der Waals surface area contributed by atoms with Crippen LogP contribution in [0.1, 0.15) is 30.2 Å². The number of nitrogens with two attached hydrogens (primary N) is 1. The summed E-state index contributed by atoms with van der Waals surface area (Å²) >= 11 is 3.42. The molecule has 1 atom stereocenters. The number of halogens is 1. The van der Waals surface area contributed by atoms with Crippen molar-refractivity contribution in [2.24, 2.45) is 5.73 Å². The molecule has 0 bridgehead atoms. The number of pyridine rings is 1.